The number of ether oxygens (including phenoxy) is 1. The molecule has 0 radical (unpaired) electrons. The Labute approximate surface area is 116 Å². The zero-order chi connectivity index (χ0) is 15.2. The Morgan fingerprint density at radius 2 is 1.95 bits per heavy atom. The van der Waals surface area contributed by atoms with Gasteiger partial charge in [0.15, 0.2) is 0 Å². The van der Waals surface area contributed by atoms with Crippen molar-refractivity contribution in [2.45, 2.75) is 39.1 Å². The average molecular weight is 293 g/mol. The predicted octanol–water partition coefficient (Wildman–Crippen LogP) is 3.75. The van der Waals surface area contributed by atoms with Crippen LogP contribution < -0.4 is 5.32 Å². The molecular weight excluding hydrogens is 274 g/mol. The molecule has 2 nitrogen and oxygen atoms in total. The maximum Gasteiger partial charge on any atom is 0.416 e. The molecule has 0 unspecified atom stereocenters. The lowest BCUT2D eigenvalue weighted by Crippen LogP contribution is -2.20. The van der Waals surface area contributed by atoms with E-state index in [0.29, 0.717) is 25.6 Å². The number of benzene rings is 1. The first-order valence-electron chi connectivity index (χ1n) is 6.48. The minimum absolute atomic E-state index is 0.0451. The van der Waals surface area contributed by atoms with Gasteiger partial charge in [-0.25, -0.2) is 4.39 Å². The van der Waals surface area contributed by atoms with Gasteiger partial charge in [0, 0.05) is 13.2 Å². The fraction of sp³-hybridized carbons (Fsp3) is 0.571. The van der Waals surface area contributed by atoms with Crippen molar-refractivity contribution in [3.63, 3.8) is 0 Å². The molecule has 1 N–H and O–H groups in total. The molecule has 0 aromatic heterocycles. The molecule has 1 aromatic rings. The molecule has 0 saturated heterocycles. The summed E-state index contributed by atoms with van der Waals surface area (Å²) in [7, 11) is 0. The summed E-state index contributed by atoms with van der Waals surface area (Å²) in [6, 6.07) is 2.72. The van der Waals surface area contributed by atoms with Crippen LogP contribution in [0.2, 0.25) is 0 Å². The van der Waals surface area contributed by atoms with Gasteiger partial charge in [0.1, 0.15) is 5.82 Å². The molecule has 0 aliphatic heterocycles. The molecule has 0 heterocycles. The molecule has 0 bridgehead atoms. The Balaban J connectivity index is 2.48. The molecule has 1 rings (SSSR count). The van der Waals surface area contributed by atoms with Gasteiger partial charge in [0.25, 0.3) is 0 Å². The average Bonchev–Trinajstić information content (AvgIpc) is 2.33. The third kappa shape index (κ3) is 5.88. The van der Waals surface area contributed by atoms with Crippen molar-refractivity contribution in [2.24, 2.45) is 0 Å². The monoisotopic (exact) mass is 293 g/mol. The van der Waals surface area contributed by atoms with Crippen LogP contribution in [-0.2, 0) is 17.5 Å². The van der Waals surface area contributed by atoms with Crippen LogP contribution in [0.5, 0.6) is 0 Å². The number of halogens is 4. The zero-order valence-corrected chi connectivity index (χ0v) is 11.6. The molecule has 0 aliphatic rings. The summed E-state index contributed by atoms with van der Waals surface area (Å²) in [4.78, 5) is 0. The van der Waals surface area contributed by atoms with E-state index in [1.54, 1.807) is 0 Å². The van der Waals surface area contributed by atoms with Gasteiger partial charge in [-0.2, -0.15) is 13.2 Å². The Kier molecular flexibility index (Phi) is 6.42. The number of nitrogens with one attached hydrogen (secondary N) is 1. The number of rotatable bonds is 7. The van der Waals surface area contributed by atoms with E-state index in [4.69, 9.17) is 4.74 Å². The molecular formula is C14H19F4NO. The highest BCUT2D eigenvalue weighted by Crippen LogP contribution is 2.32. The van der Waals surface area contributed by atoms with Gasteiger partial charge in [-0.3, -0.25) is 0 Å². The summed E-state index contributed by atoms with van der Waals surface area (Å²) >= 11 is 0. The number of hydrogen-bond donors (Lipinski definition) is 1. The predicted molar refractivity (Wildman–Crippen MR) is 68.8 cm³/mol. The normalized spacial score (nSPS) is 12.2. The smallest absolute Gasteiger partial charge is 0.379 e. The van der Waals surface area contributed by atoms with Crippen LogP contribution in [0.15, 0.2) is 18.2 Å². The molecule has 114 valence electrons. The van der Waals surface area contributed by atoms with Gasteiger partial charge in [-0.1, -0.05) is 6.07 Å². The number of alkyl halides is 3. The van der Waals surface area contributed by atoms with Crippen LogP contribution >= 0.6 is 0 Å². The van der Waals surface area contributed by atoms with Gasteiger partial charge < -0.3 is 10.1 Å². The van der Waals surface area contributed by atoms with E-state index in [0.717, 1.165) is 12.1 Å². The highest BCUT2D eigenvalue weighted by atomic mass is 19.4. The van der Waals surface area contributed by atoms with Crippen molar-refractivity contribution in [1.29, 1.82) is 0 Å². The largest absolute Gasteiger partial charge is 0.416 e. The molecule has 0 fully saturated rings. The molecule has 0 spiro atoms. The van der Waals surface area contributed by atoms with Gasteiger partial charge in [-0.05, 0) is 44.5 Å². The Morgan fingerprint density at radius 3 is 2.55 bits per heavy atom. The van der Waals surface area contributed by atoms with Crippen LogP contribution in [0.3, 0.4) is 0 Å². The van der Waals surface area contributed by atoms with E-state index >= 15 is 0 Å². The van der Waals surface area contributed by atoms with E-state index in [1.165, 1.54) is 0 Å². The zero-order valence-electron chi connectivity index (χ0n) is 11.6. The topological polar surface area (TPSA) is 21.3 Å². The van der Waals surface area contributed by atoms with E-state index in [2.05, 4.69) is 5.32 Å². The van der Waals surface area contributed by atoms with Crippen LogP contribution in [-0.4, -0.2) is 19.3 Å². The van der Waals surface area contributed by atoms with E-state index in [9.17, 15) is 17.6 Å². The standard InChI is InChI=1S/C14H19F4NO/c1-10(2)20-7-3-6-19-9-11-4-5-12(15)8-13(11)14(16,17)18/h4-5,8,10,19H,3,6-7,9H2,1-2H3. The summed E-state index contributed by atoms with van der Waals surface area (Å²) in [5.41, 5.74) is -0.882. The second-order valence-corrected chi connectivity index (χ2v) is 4.75. The molecule has 0 aliphatic carbocycles. The third-order valence-corrected chi connectivity index (χ3v) is 2.64. The second kappa shape index (κ2) is 7.59. The van der Waals surface area contributed by atoms with Crippen LogP contribution in [0, 0.1) is 5.82 Å². The van der Waals surface area contributed by atoms with Crippen LogP contribution in [0.4, 0.5) is 17.6 Å². The molecule has 0 amide bonds. The van der Waals surface area contributed by atoms with Crippen molar-refractivity contribution in [2.75, 3.05) is 13.2 Å². The molecule has 0 atom stereocenters. The molecule has 20 heavy (non-hydrogen) atoms. The SMILES string of the molecule is CC(C)OCCCNCc1ccc(F)cc1C(F)(F)F. The number of hydrogen-bond acceptors (Lipinski definition) is 2. The molecule has 0 saturated carbocycles. The maximum absolute atomic E-state index is 12.9. The highest BCUT2D eigenvalue weighted by Gasteiger charge is 2.33. The van der Waals surface area contributed by atoms with Gasteiger partial charge >= 0.3 is 6.18 Å². The van der Waals surface area contributed by atoms with E-state index < -0.39 is 17.6 Å². The minimum Gasteiger partial charge on any atom is -0.379 e. The van der Waals surface area contributed by atoms with Gasteiger partial charge in [0.05, 0.1) is 11.7 Å². The first-order valence-corrected chi connectivity index (χ1v) is 6.48. The highest BCUT2D eigenvalue weighted by molar-refractivity contribution is 5.30. The van der Waals surface area contributed by atoms with Crippen molar-refractivity contribution in [3.05, 3.63) is 35.1 Å². The van der Waals surface area contributed by atoms with Crippen molar-refractivity contribution in [1.82, 2.24) is 5.32 Å². The fourth-order valence-electron chi connectivity index (χ4n) is 1.71. The summed E-state index contributed by atoms with van der Waals surface area (Å²) < 4.78 is 56.4. The summed E-state index contributed by atoms with van der Waals surface area (Å²) in [5.74, 6) is -0.883. The van der Waals surface area contributed by atoms with Crippen molar-refractivity contribution in [3.8, 4) is 0 Å². The summed E-state index contributed by atoms with van der Waals surface area (Å²) in [5, 5.41) is 2.90. The second-order valence-electron chi connectivity index (χ2n) is 4.75. The lowest BCUT2D eigenvalue weighted by Gasteiger charge is -2.14. The molecule has 1 aromatic carbocycles. The third-order valence-electron chi connectivity index (χ3n) is 2.64. The molecule has 6 heteroatoms. The fourth-order valence-corrected chi connectivity index (χ4v) is 1.71. The maximum atomic E-state index is 12.9. The van der Waals surface area contributed by atoms with Crippen LogP contribution in [0.25, 0.3) is 0 Å². The van der Waals surface area contributed by atoms with Crippen molar-refractivity contribution >= 4 is 0 Å². The summed E-state index contributed by atoms with van der Waals surface area (Å²) in [6.45, 7) is 4.99. The Hall–Kier alpha value is -1.14. The van der Waals surface area contributed by atoms with Gasteiger partial charge in [0.2, 0.25) is 0 Å². The van der Waals surface area contributed by atoms with Crippen LogP contribution in [0.1, 0.15) is 31.4 Å². The first-order chi connectivity index (χ1) is 9.30. The Morgan fingerprint density at radius 1 is 1.25 bits per heavy atom. The van der Waals surface area contributed by atoms with Crippen molar-refractivity contribution < 1.29 is 22.3 Å². The summed E-state index contributed by atoms with van der Waals surface area (Å²) in [6.07, 6.45) is -3.69. The lowest BCUT2D eigenvalue weighted by molar-refractivity contribution is -0.138. The lowest BCUT2D eigenvalue weighted by atomic mass is 10.1. The van der Waals surface area contributed by atoms with E-state index in [-0.39, 0.29) is 18.2 Å². The Bertz CT molecular complexity index is 418. The first kappa shape index (κ1) is 16.9. The minimum atomic E-state index is -4.54. The van der Waals surface area contributed by atoms with Gasteiger partial charge in [-0.15, -0.1) is 0 Å². The quantitative estimate of drug-likeness (QED) is 0.610. The van der Waals surface area contributed by atoms with E-state index in [1.807, 2.05) is 13.8 Å².